The minimum absolute atomic E-state index is 0.168. The molecule has 2 unspecified atom stereocenters. The summed E-state index contributed by atoms with van der Waals surface area (Å²) in [5, 5.41) is 9.13. The van der Waals surface area contributed by atoms with E-state index >= 15 is 0 Å². The molecule has 1 fully saturated rings. The molecular formula is C11H15N3O4. The fraction of sp³-hybridized carbons (Fsp3) is 0.545. The van der Waals surface area contributed by atoms with Gasteiger partial charge in [0.15, 0.2) is 5.82 Å². The maximum Gasteiger partial charge on any atom is 0.311 e. The molecule has 0 aliphatic carbocycles. The molecule has 7 heteroatoms. The minimum atomic E-state index is -0.914. The number of nitrogens with zero attached hydrogens (tertiary/aromatic N) is 2. The van der Waals surface area contributed by atoms with Crippen LogP contribution >= 0.6 is 0 Å². The maximum absolute atomic E-state index is 11.7. The molecule has 1 aromatic rings. The number of aromatic nitrogens is 2. The maximum atomic E-state index is 11.7. The summed E-state index contributed by atoms with van der Waals surface area (Å²) in [6.07, 6.45) is 2.92. The Kier molecular flexibility index (Phi) is 3.61. The summed E-state index contributed by atoms with van der Waals surface area (Å²) in [5.41, 5.74) is -0.324. The number of aliphatic carboxylic acids is 1. The Balaban J connectivity index is 2.32. The van der Waals surface area contributed by atoms with Gasteiger partial charge in [-0.3, -0.25) is 9.59 Å². The topological polar surface area (TPSA) is 95.5 Å². The van der Waals surface area contributed by atoms with E-state index in [4.69, 9.17) is 9.84 Å². The Morgan fingerprint density at radius 1 is 1.67 bits per heavy atom. The second-order valence-corrected chi connectivity index (χ2v) is 4.08. The predicted molar refractivity (Wildman–Crippen MR) is 63.6 cm³/mol. The standard InChI is InChI=1S/C11H15N3O4/c1-2-14(9-10(15)13-4-3-12-9)8-6-18-5-7(8)11(16)17/h3-4,7-8H,2,5-6H2,1H3,(H,13,15)(H,16,17). The van der Waals surface area contributed by atoms with E-state index in [2.05, 4.69) is 9.97 Å². The van der Waals surface area contributed by atoms with E-state index in [9.17, 15) is 9.59 Å². The van der Waals surface area contributed by atoms with Gasteiger partial charge in [-0.15, -0.1) is 0 Å². The quantitative estimate of drug-likeness (QED) is 0.764. The number of aromatic amines is 1. The van der Waals surface area contributed by atoms with Gasteiger partial charge in [-0.25, -0.2) is 4.98 Å². The summed E-state index contributed by atoms with van der Waals surface area (Å²) < 4.78 is 5.21. The molecule has 1 aliphatic heterocycles. The molecule has 2 atom stereocenters. The monoisotopic (exact) mass is 253 g/mol. The first-order chi connectivity index (χ1) is 8.65. The van der Waals surface area contributed by atoms with Gasteiger partial charge < -0.3 is 19.7 Å². The van der Waals surface area contributed by atoms with Crippen molar-refractivity contribution in [3.05, 3.63) is 22.7 Å². The van der Waals surface area contributed by atoms with E-state index in [0.29, 0.717) is 13.2 Å². The van der Waals surface area contributed by atoms with Gasteiger partial charge >= 0.3 is 5.97 Å². The molecular weight excluding hydrogens is 238 g/mol. The Hall–Kier alpha value is -1.89. The zero-order valence-electron chi connectivity index (χ0n) is 10.00. The largest absolute Gasteiger partial charge is 0.481 e. The smallest absolute Gasteiger partial charge is 0.311 e. The molecule has 0 spiro atoms. The van der Waals surface area contributed by atoms with Crippen LogP contribution < -0.4 is 10.5 Å². The number of nitrogens with one attached hydrogen (secondary N) is 1. The number of ether oxygens (including phenoxy) is 1. The number of carboxylic acid groups (broad SMARTS) is 1. The van der Waals surface area contributed by atoms with Crippen LogP contribution in [0.3, 0.4) is 0 Å². The highest BCUT2D eigenvalue weighted by molar-refractivity contribution is 5.72. The zero-order valence-corrected chi connectivity index (χ0v) is 10.00. The molecule has 0 saturated carbocycles. The predicted octanol–water partition coefficient (Wildman–Crippen LogP) is -0.304. The lowest BCUT2D eigenvalue weighted by atomic mass is 10.0. The molecule has 1 aromatic heterocycles. The van der Waals surface area contributed by atoms with Gasteiger partial charge in [0, 0.05) is 18.9 Å². The number of likely N-dealkylation sites (N-methyl/N-ethyl adjacent to an activating group) is 1. The Bertz CT molecular complexity index is 487. The fourth-order valence-electron chi connectivity index (χ4n) is 2.18. The average Bonchev–Trinajstić information content (AvgIpc) is 2.82. The van der Waals surface area contributed by atoms with Crippen molar-refractivity contribution in [3.63, 3.8) is 0 Å². The van der Waals surface area contributed by atoms with E-state index in [1.54, 1.807) is 4.90 Å². The molecule has 2 heterocycles. The van der Waals surface area contributed by atoms with Crippen molar-refractivity contribution in [1.29, 1.82) is 0 Å². The number of carbonyl (C=O) groups is 1. The number of carboxylic acids is 1. The Morgan fingerprint density at radius 2 is 2.44 bits per heavy atom. The van der Waals surface area contributed by atoms with Crippen LogP contribution in [0.15, 0.2) is 17.2 Å². The zero-order chi connectivity index (χ0) is 13.1. The number of rotatable bonds is 4. The molecule has 7 nitrogen and oxygen atoms in total. The molecule has 1 aliphatic rings. The average molecular weight is 253 g/mol. The van der Waals surface area contributed by atoms with E-state index in [-0.39, 0.29) is 24.0 Å². The van der Waals surface area contributed by atoms with Gasteiger partial charge in [0.2, 0.25) is 0 Å². The summed E-state index contributed by atoms with van der Waals surface area (Å²) in [4.78, 5) is 31.1. The van der Waals surface area contributed by atoms with Crippen molar-refractivity contribution in [2.75, 3.05) is 24.7 Å². The van der Waals surface area contributed by atoms with Crippen molar-refractivity contribution in [3.8, 4) is 0 Å². The summed E-state index contributed by atoms with van der Waals surface area (Å²) in [6.45, 7) is 2.81. The van der Waals surface area contributed by atoms with Crippen molar-refractivity contribution in [2.45, 2.75) is 13.0 Å². The highest BCUT2D eigenvalue weighted by Gasteiger charge is 2.38. The van der Waals surface area contributed by atoms with E-state index in [1.807, 2.05) is 6.92 Å². The molecule has 0 bridgehead atoms. The lowest BCUT2D eigenvalue weighted by Gasteiger charge is -2.29. The first-order valence-electron chi connectivity index (χ1n) is 5.76. The number of hydrogen-bond acceptors (Lipinski definition) is 5. The van der Waals surface area contributed by atoms with Crippen LogP contribution in [-0.4, -0.2) is 46.8 Å². The number of hydrogen-bond donors (Lipinski definition) is 2. The minimum Gasteiger partial charge on any atom is -0.481 e. The van der Waals surface area contributed by atoms with Crippen LogP contribution in [0.1, 0.15) is 6.92 Å². The summed E-state index contributed by atoms with van der Waals surface area (Å²) >= 11 is 0. The first-order valence-corrected chi connectivity index (χ1v) is 5.76. The second kappa shape index (κ2) is 5.18. The third-order valence-electron chi connectivity index (χ3n) is 3.07. The SMILES string of the molecule is CCN(c1ncc[nH]c1=O)C1COCC1C(=O)O. The van der Waals surface area contributed by atoms with Crippen molar-refractivity contribution < 1.29 is 14.6 Å². The molecule has 1 saturated heterocycles. The Labute approximate surface area is 103 Å². The van der Waals surface area contributed by atoms with Crippen molar-refractivity contribution >= 4 is 11.8 Å². The van der Waals surface area contributed by atoms with Crippen LogP contribution in [0.25, 0.3) is 0 Å². The fourth-order valence-corrected chi connectivity index (χ4v) is 2.18. The lowest BCUT2D eigenvalue weighted by Crippen LogP contribution is -2.45. The summed E-state index contributed by atoms with van der Waals surface area (Å²) in [7, 11) is 0. The van der Waals surface area contributed by atoms with Crippen molar-refractivity contribution in [1.82, 2.24) is 9.97 Å². The molecule has 0 amide bonds. The van der Waals surface area contributed by atoms with E-state index < -0.39 is 11.9 Å². The van der Waals surface area contributed by atoms with Crippen molar-refractivity contribution in [2.24, 2.45) is 5.92 Å². The van der Waals surface area contributed by atoms with Gasteiger partial charge in [-0.1, -0.05) is 0 Å². The summed E-state index contributed by atoms with van der Waals surface area (Å²) in [6, 6.07) is -0.358. The molecule has 98 valence electrons. The van der Waals surface area contributed by atoms with Gasteiger partial charge in [0.1, 0.15) is 5.92 Å². The van der Waals surface area contributed by atoms with Gasteiger partial charge in [0.05, 0.1) is 19.3 Å². The molecule has 18 heavy (non-hydrogen) atoms. The normalized spacial score (nSPS) is 22.9. The molecule has 2 N–H and O–H groups in total. The van der Waals surface area contributed by atoms with E-state index in [1.165, 1.54) is 12.4 Å². The summed E-state index contributed by atoms with van der Waals surface area (Å²) in [5.74, 6) is -1.31. The van der Waals surface area contributed by atoms with Gasteiger partial charge in [-0.05, 0) is 6.92 Å². The van der Waals surface area contributed by atoms with Gasteiger partial charge in [0.25, 0.3) is 5.56 Å². The van der Waals surface area contributed by atoms with Crippen LogP contribution in [0.5, 0.6) is 0 Å². The first kappa shape index (κ1) is 12.6. The second-order valence-electron chi connectivity index (χ2n) is 4.08. The van der Waals surface area contributed by atoms with Crippen LogP contribution in [0.4, 0.5) is 5.82 Å². The Morgan fingerprint density at radius 3 is 3.06 bits per heavy atom. The molecule has 0 radical (unpaired) electrons. The van der Waals surface area contributed by atoms with E-state index in [0.717, 1.165) is 0 Å². The molecule has 0 aromatic carbocycles. The van der Waals surface area contributed by atoms with Crippen LogP contribution in [-0.2, 0) is 9.53 Å². The molecule has 2 rings (SSSR count). The highest BCUT2D eigenvalue weighted by atomic mass is 16.5. The van der Waals surface area contributed by atoms with Gasteiger partial charge in [-0.2, -0.15) is 0 Å². The number of H-pyrrole nitrogens is 1. The van der Waals surface area contributed by atoms with Crippen LogP contribution in [0, 0.1) is 5.92 Å². The highest BCUT2D eigenvalue weighted by Crippen LogP contribution is 2.22. The third-order valence-corrected chi connectivity index (χ3v) is 3.07. The lowest BCUT2D eigenvalue weighted by molar-refractivity contribution is -0.141. The van der Waals surface area contributed by atoms with Crippen LogP contribution in [0.2, 0.25) is 0 Å². The third kappa shape index (κ3) is 2.21. The number of anilines is 1.